The fourth-order valence-electron chi connectivity index (χ4n) is 4.51. The molecule has 1 saturated carbocycles. The lowest BCUT2D eigenvalue weighted by molar-refractivity contribution is -0.127. The van der Waals surface area contributed by atoms with Gasteiger partial charge in [-0.25, -0.2) is 4.98 Å². The third kappa shape index (κ3) is 3.90. The van der Waals surface area contributed by atoms with E-state index in [2.05, 4.69) is 22.5 Å². The fraction of sp³-hybridized carbons (Fsp3) is 0.476. The molecule has 1 aliphatic carbocycles. The van der Waals surface area contributed by atoms with Crippen molar-refractivity contribution >= 4 is 23.2 Å². The average molecular weight is 384 g/mol. The summed E-state index contributed by atoms with van der Waals surface area (Å²) in [6.07, 6.45) is 4.53. The quantitative estimate of drug-likeness (QED) is 0.847. The van der Waals surface area contributed by atoms with Gasteiger partial charge in [0.25, 0.3) is 5.91 Å². The Kier molecular flexibility index (Phi) is 5.25. The monoisotopic (exact) mass is 383 g/mol. The van der Waals surface area contributed by atoms with Crippen molar-refractivity contribution in [3.63, 3.8) is 0 Å². The van der Waals surface area contributed by atoms with Crippen LogP contribution in [0.5, 0.6) is 0 Å². The summed E-state index contributed by atoms with van der Waals surface area (Å²) in [6, 6.07) is 10.2. The van der Waals surface area contributed by atoms with Crippen LogP contribution >= 0.6 is 11.3 Å². The maximum absolute atomic E-state index is 12.6. The van der Waals surface area contributed by atoms with Gasteiger partial charge in [-0.15, -0.1) is 11.3 Å². The molecule has 1 aliphatic heterocycles. The van der Waals surface area contributed by atoms with Crippen molar-refractivity contribution in [2.45, 2.75) is 51.1 Å². The molecular weight excluding hydrogens is 358 g/mol. The number of carbonyl (C=O) groups excluding carboxylic acids is 2. The summed E-state index contributed by atoms with van der Waals surface area (Å²) in [5.74, 6) is 1.06. The van der Waals surface area contributed by atoms with Gasteiger partial charge >= 0.3 is 0 Å². The van der Waals surface area contributed by atoms with Crippen LogP contribution in [0.15, 0.2) is 35.7 Å². The predicted molar refractivity (Wildman–Crippen MR) is 106 cm³/mol. The van der Waals surface area contributed by atoms with Crippen LogP contribution in [0, 0.1) is 11.8 Å². The van der Waals surface area contributed by atoms with E-state index in [1.807, 2.05) is 35.7 Å². The summed E-state index contributed by atoms with van der Waals surface area (Å²) in [6.45, 7) is 2.17. The molecule has 2 aromatic rings. The van der Waals surface area contributed by atoms with Crippen LogP contribution in [-0.4, -0.2) is 28.9 Å². The molecule has 4 unspecified atom stereocenters. The highest BCUT2D eigenvalue weighted by molar-refractivity contribution is 7.13. The van der Waals surface area contributed by atoms with Crippen molar-refractivity contribution in [2.75, 3.05) is 0 Å². The van der Waals surface area contributed by atoms with Crippen LogP contribution in [0.3, 0.4) is 0 Å². The van der Waals surface area contributed by atoms with Crippen LogP contribution in [-0.2, 0) is 4.79 Å². The second-order valence-electron chi connectivity index (χ2n) is 7.60. The van der Waals surface area contributed by atoms with Crippen molar-refractivity contribution in [2.24, 2.45) is 11.8 Å². The number of hydrogen-bond acceptors (Lipinski definition) is 4. The highest BCUT2D eigenvalue weighted by Gasteiger charge is 2.40. The Morgan fingerprint density at radius 2 is 2.11 bits per heavy atom. The number of piperidine rings is 1. The van der Waals surface area contributed by atoms with Crippen molar-refractivity contribution in [3.8, 4) is 10.6 Å². The van der Waals surface area contributed by atoms with Crippen molar-refractivity contribution in [1.82, 2.24) is 15.6 Å². The Hall–Kier alpha value is -2.21. The van der Waals surface area contributed by atoms with E-state index in [0.29, 0.717) is 24.0 Å². The summed E-state index contributed by atoms with van der Waals surface area (Å²) < 4.78 is 0. The first kappa shape index (κ1) is 18.2. The van der Waals surface area contributed by atoms with Crippen LogP contribution in [0.25, 0.3) is 10.6 Å². The topological polar surface area (TPSA) is 71.1 Å². The number of hydrogen-bond donors (Lipinski definition) is 2. The number of nitrogens with zero attached hydrogens (tertiary/aromatic N) is 1. The van der Waals surface area contributed by atoms with Gasteiger partial charge in [-0.05, 0) is 31.1 Å². The zero-order valence-corrected chi connectivity index (χ0v) is 16.3. The summed E-state index contributed by atoms with van der Waals surface area (Å²) in [7, 11) is 0. The Morgan fingerprint density at radius 3 is 2.89 bits per heavy atom. The van der Waals surface area contributed by atoms with Gasteiger partial charge in [0, 0.05) is 29.4 Å². The molecule has 142 valence electrons. The minimum Gasteiger partial charge on any atom is -0.353 e. The first-order chi connectivity index (χ1) is 13.1. The molecule has 2 aliphatic rings. The van der Waals surface area contributed by atoms with E-state index < -0.39 is 0 Å². The van der Waals surface area contributed by atoms with E-state index in [1.165, 1.54) is 11.3 Å². The molecule has 1 saturated heterocycles. The van der Waals surface area contributed by atoms with Gasteiger partial charge in [-0.1, -0.05) is 43.7 Å². The highest BCUT2D eigenvalue weighted by Crippen LogP contribution is 2.37. The normalized spacial score (nSPS) is 27.5. The minimum absolute atomic E-state index is 0.0940. The van der Waals surface area contributed by atoms with E-state index in [4.69, 9.17) is 0 Å². The number of fused-ring (bicyclic) bond motifs is 1. The fourth-order valence-corrected chi connectivity index (χ4v) is 5.31. The van der Waals surface area contributed by atoms with Crippen LogP contribution in [0.1, 0.15) is 49.5 Å². The molecule has 0 spiro atoms. The molecule has 1 aromatic carbocycles. The van der Waals surface area contributed by atoms with Gasteiger partial charge in [-0.2, -0.15) is 0 Å². The number of thiazole rings is 1. The van der Waals surface area contributed by atoms with Gasteiger partial charge in [0.15, 0.2) is 0 Å². The SMILES string of the molecule is CCC1CC(=O)NC2CC(NC(=O)c3csc(-c4ccccc4)n3)CCC12. The van der Waals surface area contributed by atoms with Gasteiger partial charge in [0.1, 0.15) is 10.7 Å². The van der Waals surface area contributed by atoms with E-state index >= 15 is 0 Å². The lowest BCUT2D eigenvalue weighted by atomic mass is 9.70. The summed E-state index contributed by atoms with van der Waals surface area (Å²) in [5, 5.41) is 8.96. The number of benzene rings is 1. The molecule has 0 radical (unpaired) electrons. The number of nitrogens with one attached hydrogen (secondary N) is 2. The standard InChI is InChI=1S/C21H25N3O2S/c1-2-13-10-19(25)23-17-11-15(8-9-16(13)17)22-20(26)18-12-27-21(24-18)14-6-4-3-5-7-14/h3-7,12-13,15-17H,2,8-11H2,1H3,(H,22,26)(H,23,25). The van der Waals surface area contributed by atoms with Gasteiger partial charge in [0.2, 0.25) is 5.91 Å². The van der Waals surface area contributed by atoms with Crippen LogP contribution in [0.2, 0.25) is 0 Å². The van der Waals surface area contributed by atoms with Crippen molar-refractivity contribution in [1.29, 1.82) is 0 Å². The van der Waals surface area contributed by atoms with Gasteiger partial charge in [0.05, 0.1) is 0 Å². The van der Waals surface area contributed by atoms with E-state index in [1.54, 1.807) is 0 Å². The molecule has 2 fully saturated rings. The Labute approximate surface area is 163 Å². The largest absolute Gasteiger partial charge is 0.353 e. The number of aromatic nitrogens is 1. The third-order valence-electron chi connectivity index (χ3n) is 5.92. The van der Waals surface area contributed by atoms with Crippen molar-refractivity contribution in [3.05, 3.63) is 41.4 Å². The zero-order chi connectivity index (χ0) is 18.8. The molecule has 0 bridgehead atoms. The maximum Gasteiger partial charge on any atom is 0.270 e. The Bertz CT molecular complexity index is 820. The zero-order valence-electron chi connectivity index (χ0n) is 15.5. The smallest absolute Gasteiger partial charge is 0.270 e. The number of carbonyl (C=O) groups is 2. The second kappa shape index (κ2) is 7.80. The Morgan fingerprint density at radius 1 is 1.30 bits per heavy atom. The molecule has 2 amide bonds. The highest BCUT2D eigenvalue weighted by atomic mass is 32.1. The van der Waals surface area contributed by atoms with Crippen LogP contribution in [0.4, 0.5) is 0 Å². The van der Waals surface area contributed by atoms with Crippen LogP contribution < -0.4 is 10.6 Å². The average Bonchev–Trinajstić information content (AvgIpc) is 3.18. The molecule has 5 nitrogen and oxygen atoms in total. The third-order valence-corrected chi connectivity index (χ3v) is 6.81. The first-order valence-corrected chi connectivity index (χ1v) is 10.6. The summed E-state index contributed by atoms with van der Waals surface area (Å²) >= 11 is 1.49. The minimum atomic E-state index is -0.119. The summed E-state index contributed by atoms with van der Waals surface area (Å²) in [4.78, 5) is 29.1. The second-order valence-corrected chi connectivity index (χ2v) is 8.46. The molecule has 4 atom stereocenters. The number of rotatable bonds is 4. The lowest BCUT2D eigenvalue weighted by Gasteiger charge is -2.43. The van der Waals surface area contributed by atoms with E-state index in [9.17, 15) is 9.59 Å². The lowest BCUT2D eigenvalue weighted by Crippen LogP contribution is -2.55. The van der Waals surface area contributed by atoms with Gasteiger partial charge < -0.3 is 10.6 Å². The molecule has 2 heterocycles. The predicted octanol–water partition coefficient (Wildman–Crippen LogP) is 3.62. The summed E-state index contributed by atoms with van der Waals surface area (Å²) in [5.41, 5.74) is 1.50. The molecule has 6 heteroatoms. The van der Waals surface area contributed by atoms with Crippen molar-refractivity contribution < 1.29 is 9.59 Å². The molecular formula is C21H25N3O2S. The molecule has 2 N–H and O–H groups in total. The molecule has 4 rings (SSSR count). The maximum atomic E-state index is 12.6. The van der Waals surface area contributed by atoms with E-state index in [0.717, 1.165) is 36.3 Å². The van der Waals surface area contributed by atoms with Gasteiger partial charge in [-0.3, -0.25) is 9.59 Å². The Balaban J connectivity index is 1.39. The van der Waals surface area contributed by atoms with E-state index in [-0.39, 0.29) is 23.9 Å². The molecule has 27 heavy (non-hydrogen) atoms. The number of amides is 2. The first-order valence-electron chi connectivity index (χ1n) is 9.75. The molecule has 1 aromatic heterocycles.